The van der Waals surface area contributed by atoms with Gasteiger partial charge in [-0.25, -0.2) is 14.8 Å². The minimum atomic E-state index is -0.434. The van der Waals surface area contributed by atoms with Gasteiger partial charge in [-0.05, 0) is 36.8 Å². The molecule has 0 aliphatic rings. The van der Waals surface area contributed by atoms with E-state index < -0.39 is 5.97 Å². The van der Waals surface area contributed by atoms with Gasteiger partial charge in [-0.2, -0.15) is 0 Å². The van der Waals surface area contributed by atoms with E-state index in [0.29, 0.717) is 17.1 Å². The summed E-state index contributed by atoms with van der Waals surface area (Å²) in [5.74, 6) is -0.243. The van der Waals surface area contributed by atoms with E-state index in [1.165, 1.54) is 19.5 Å². The molecule has 0 fully saturated rings. The number of esters is 1. The summed E-state index contributed by atoms with van der Waals surface area (Å²) in [6.07, 6.45) is 2.94. The van der Waals surface area contributed by atoms with Gasteiger partial charge in [0.15, 0.2) is 0 Å². The van der Waals surface area contributed by atoms with Crippen molar-refractivity contribution in [2.24, 2.45) is 0 Å². The maximum atomic E-state index is 12.3. The molecule has 0 saturated carbocycles. The second-order valence-corrected chi connectivity index (χ2v) is 6.09. The number of nitrogens with zero attached hydrogens (tertiary/aromatic N) is 2. The molecule has 0 bridgehead atoms. The van der Waals surface area contributed by atoms with Gasteiger partial charge < -0.3 is 15.4 Å². The van der Waals surface area contributed by atoms with Gasteiger partial charge in [0.2, 0.25) is 0 Å². The van der Waals surface area contributed by atoms with E-state index in [2.05, 4.69) is 25.3 Å². The molecule has 1 atom stereocenters. The average Bonchev–Trinajstić information content (AvgIpc) is 2.74. The Morgan fingerprint density at radius 1 is 0.964 bits per heavy atom. The van der Waals surface area contributed by atoms with Crippen LogP contribution in [-0.2, 0) is 4.74 Å². The van der Waals surface area contributed by atoms with E-state index in [1.807, 2.05) is 37.3 Å². The highest BCUT2D eigenvalue weighted by Gasteiger charge is 2.11. The fourth-order valence-corrected chi connectivity index (χ4v) is 2.57. The minimum Gasteiger partial charge on any atom is -0.465 e. The number of amides is 1. The zero-order valence-corrected chi connectivity index (χ0v) is 15.5. The molecule has 7 nitrogen and oxygen atoms in total. The summed E-state index contributed by atoms with van der Waals surface area (Å²) in [6, 6.07) is 16.4. The second kappa shape index (κ2) is 8.77. The largest absolute Gasteiger partial charge is 0.465 e. The fourth-order valence-electron chi connectivity index (χ4n) is 2.57. The van der Waals surface area contributed by atoms with E-state index in [0.717, 1.165) is 5.56 Å². The van der Waals surface area contributed by atoms with E-state index in [1.54, 1.807) is 24.3 Å². The summed E-state index contributed by atoms with van der Waals surface area (Å²) in [4.78, 5) is 32.2. The van der Waals surface area contributed by atoms with E-state index in [-0.39, 0.29) is 17.6 Å². The van der Waals surface area contributed by atoms with Crippen molar-refractivity contribution in [3.63, 3.8) is 0 Å². The van der Waals surface area contributed by atoms with Crippen molar-refractivity contribution in [3.8, 4) is 0 Å². The number of carbonyl (C=O) groups excluding carboxylic acids is 2. The molecule has 0 aliphatic heterocycles. The molecule has 1 aromatic heterocycles. The zero-order chi connectivity index (χ0) is 19.9. The maximum Gasteiger partial charge on any atom is 0.337 e. The van der Waals surface area contributed by atoms with Crippen LogP contribution in [0.25, 0.3) is 0 Å². The normalized spacial score (nSPS) is 11.4. The Labute approximate surface area is 162 Å². The summed E-state index contributed by atoms with van der Waals surface area (Å²) >= 11 is 0. The molecule has 3 rings (SSSR count). The third kappa shape index (κ3) is 4.70. The fraction of sp³-hybridized carbons (Fsp3) is 0.143. The van der Waals surface area contributed by atoms with Gasteiger partial charge in [0.05, 0.1) is 25.1 Å². The molecule has 28 heavy (non-hydrogen) atoms. The molecule has 1 heterocycles. The summed E-state index contributed by atoms with van der Waals surface area (Å²) < 4.78 is 4.64. The molecular formula is C21H20N4O3. The molecule has 0 radical (unpaired) electrons. The first-order chi connectivity index (χ1) is 13.6. The van der Waals surface area contributed by atoms with Crippen molar-refractivity contribution in [3.05, 3.63) is 83.8 Å². The first kappa shape index (κ1) is 19.0. The third-order valence-electron chi connectivity index (χ3n) is 4.11. The van der Waals surface area contributed by atoms with E-state index >= 15 is 0 Å². The molecule has 3 aromatic rings. The molecule has 7 heteroatoms. The van der Waals surface area contributed by atoms with Crippen LogP contribution in [0, 0.1) is 0 Å². The van der Waals surface area contributed by atoms with E-state index in [9.17, 15) is 9.59 Å². The number of rotatable bonds is 6. The van der Waals surface area contributed by atoms with Crippen molar-refractivity contribution in [2.75, 3.05) is 17.7 Å². The Bertz CT molecular complexity index is 942. The molecule has 0 saturated heterocycles. The highest BCUT2D eigenvalue weighted by Crippen LogP contribution is 2.17. The Balaban J connectivity index is 1.61. The molecule has 2 aromatic carbocycles. The topological polar surface area (TPSA) is 93.2 Å². The molecule has 0 aliphatic carbocycles. The van der Waals surface area contributed by atoms with Gasteiger partial charge in [-0.1, -0.05) is 30.3 Å². The van der Waals surface area contributed by atoms with E-state index in [4.69, 9.17) is 0 Å². The summed E-state index contributed by atoms with van der Waals surface area (Å²) in [6.45, 7) is 2.02. The number of aromatic nitrogens is 2. The van der Waals surface area contributed by atoms with Gasteiger partial charge >= 0.3 is 5.97 Å². The van der Waals surface area contributed by atoms with Crippen LogP contribution in [0.4, 0.5) is 11.5 Å². The van der Waals surface area contributed by atoms with Crippen molar-refractivity contribution in [1.29, 1.82) is 0 Å². The number of hydrogen-bond acceptors (Lipinski definition) is 6. The Morgan fingerprint density at radius 2 is 1.68 bits per heavy atom. The number of carbonyl (C=O) groups is 2. The summed E-state index contributed by atoms with van der Waals surface area (Å²) in [7, 11) is 1.32. The number of ether oxygens (including phenoxy) is 1. The molecule has 1 amide bonds. The van der Waals surface area contributed by atoms with Crippen LogP contribution in [0.1, 0.15) is 39.4 Å². The standard InChI is InChI=1S/C21H20N4O3/c1-14(15-6-4-3-5-7-15)24-19-13-22-18(12-23-19)20(26)25-17-10-8-16(9-11-17)21(27)28-2/h3-14H,1-2H3,(H,23,24)(H,25,26). The second-order valence-electron chi connectivity index (χ2n) is 6.09. The molecule has 0 spiro atoms. The smallest absolute Gasteiger partial charge is 0.337 e. The van der Waals surface area contributed by atoms with Crippen LogP contribution in [0.15, 0.2) is 67.0 Å². The number of anilines is 2. The Hall–Kier alpha value is -3.74. The lowest BCUT2D eigenvalue weighted by molar-refractivity contribution is 0.0600. The minimum absolute atomic E-state index is 0.0588. The Morgan fingerprint density at radius 3 is 2.29 bits per heavy atom. The Kier molecular flexibility index (Phi) is 5.96. The van der Waals surface area contributed by atoms with Crippen molar-refractivity contribution in [2.45, 2.75) is 13.0 Å². The van der Waals surface area contributed by atoms with Gasteiger partial charge in [0, 0.05) is 11.7 Å². The first-order valence-electron chi connectivity index (χ1n) is 8.70. The first-order valence-corrected chi connectivity index (χ1v) is 8.70. The lowest BCUT2D eigenvalue weighted by Gasteiger charge is -2.14. The zero-order valence-electron chi connectivity index (χ0n) is 15.5. The summed E-state index contributed by atoms with van der Waals surface area (Å²) in [5.41, 5.74) is 2.26. The molecule has 1 unspecified atom stereocenters. The lowest BCUT2D eigenvalue weighted by atomic mass is 10.1. The number of hydrogen-bond donors (Lipinski definition) is 2. The molecule has 2 N–H and O–H groups in total. The number of benzene rings is 2. The monoisotopic (exact) mass is 376 g/mol. The average molecular weight is 376 g/mol. The lowest BCUT2D eigenvalue weighted by Crippen LogP contribution is -2.15. The predicted octanol–water partition coefficient (Wildman–Crippen LogP) is 3.69. The summed E-state index contributed by atoms with van der Waals surface area (Å²) in [5, 5.41) is 5.96. The quantitative estimate of drug-likeness (QED) is 0.638. The van der Waals surface area contributed by atoms with Crippen LogP contribution in [-0.4, -0.2) is 29.0 Å². The number of methoxy groups -OCH3 is 1. The highest BCUT2D eigenvalue weighted by molar-refractivity contribution is 6.03. The van der Waals surface area contributed by atoms with Crippen LogP contribution >= 0.6 is 0 Å². The van der Waals surface area contributed by atoms with Crippen LogP contribution in [0.3, 0.4) is 0 Å². The van der Waals surface area contributed by atoms with Crippen molar-refractivity contribution >= 4 is 23.4 Å². The third-order valence-corrected chi connectivity index (χ3v) is 4.11. The predicted molar refractivity (Wildman–Crippen MR) is 106 cm³/mol. The van der Waals surface area contributed by atoms with Crippen molar-refractivity contribution < 1.29 is 14.3 Å². The van der Waals surface area contributed by atoms with Gasteiger partial charge in [-0.15, -0.1) is 0 Å². The van der Waals surface area contributed by atoms with Crippen LogP contribution < -0.4 is 10.6 Å². The van der Waals surface area contributed by atoms with Gasteiger partial charge in [-0.3, -0.25) is 4.79 Å². The molecule has 142 valence electrons. The van der Waals surface area contributed by atoms with Gasteiger partial charge in [0.25, 0.3) is 5.91 Å². The highest BCUT2D eigenvalue weighted by atomic mass is 16.5. The molecular weight excluding hydrogens is 356 g/mol. The van der Waals surface area contributed by atoms with Gasteiger partial charge in [0.1, 0.15) is 11.5 Å². The maximum absolute atomic E-state index is 12.3. The van der Waals surface area contributed by atoms with Crippen LogP contribution in [0.5, 0.6) is 0 Å². The van der Waals surface area contributed by atoms with Crippen molar-refractivity contribution in [1.82, 2.24) is 9.97 Å². The SMILES string of the molecule is COC(=O)c1ccc(NC(=O)c2cnc(NC(C)c3ccccc3)cn2)cc1. The van der Waals surface area contributed by atoms with Crippen LogP contribution in [0.2, 0.25) is 0 Å². The number of nitrogens with one attached hydrogen (secondary N) is 2.